The Balaban J connectivity index is 1.24. The number of ketones is 2. The maximum Gasteiger partial charge on any atom is 0.178 e. The molecule has 0 aliphatic heterocycles. The molecule has 2 aromatic rings. The van der Waals surface area contributed by atoms with Crippen LogP contribution in [-0.4, -0.2) is 55.8 Å². The molecule has 0 amide bonds. The first kappa shape index (κ1) is 26.8. The van der Waals surface area contributed by atoms with Crippen molar-refractivity contribution in [3.05, 3.63) is 42.0 Å². The normalized spacial score (nSPS) is 39.2. The number of fused-ring (bicyclic) bond motifs is 6. The molecule has 6 rings (SSSR count). The van der Waals surface area contributed by atoms with Crippen molar-refractivity contribution < 1.29 is 24.5 Å². The van der Waals surface area contributed by atoms with Gasteiger partial charge in [0.2, 0.25) is 0 Å². The summed E-state index contributed by atoms with van der Waals surface area (Å²) in [5.41, 5.74) is 0.121. The fourth-order valence-corrected chi connectivity index (χ4v) is 9.62. The lowest BCUT2D eigenvalue weighted by Crippen LogP contribution is -2.62. The first-order chi connectivity index (χ1) is 18.5. The van der Waals surface area contributed by atoms with E-state index in [1.54, 1.807) is 12.2 Å². The molecule has 0 spiro atoms. The van der Waals surface area contributed by atoms with Gasteiger partial charge in [0, 0.05) is 22.8 Å². The molecule has 0 radical (unpaired) electrons. The zero-order valence-electron chi connectivity index (χ0n) is 23.1. The van der Waals surface area contributed by atoms with Gasteiger partial charge in [-0.2, -0.15) is 0 Å². The largest absolute Gasteiger partial charge is 0.494 e. The molecule has 3 N–H and O–H groups in total. The van der Waals surface area contributed by atoms with E-state index in [-0.39, 0.29) is 46.4 Å². The van der Waals surface area contributed by atoms with Gasteiger partial charge in [-0.15, -0.1) is 0 Å². The maximum atomic E-state index is 13.9. The molecule has 208 valence electrons. The van der Waals surface area contributed by atoms with Crippen LogP contribution in [0.4, 0.5) is 0 Å². The summed E-state index contributed by atoms with van der Waals surface area (Å²) in [5.74, 6) is 0.708. The van der Waals surface area contributed by atoms with Gasteiger partial charge in [-0.1, -0.05) is 44.2 Å². The smallest absolute Gasteiger partial charge is 0.178 e. The molecule has 4 aliphatic rings. The number of Topliss-reactive ketones (excluding diaryl/α,β-unsaturated/α-hetero) is 1. The third kappa shape index (κ3) is 3.89. The van der Waals surface area contributed by atoms with E-state index in [4.69, 9.17) is 4.74 Å². The van der Waals surface area contributed by atoms with Crippen LogP contribution < -0.4 is 4.74 Å². The Bertz CT molecular complexity index is 1400. The average molecular weight is 551 g/mol. The number of ether oxygens (including phenoxy) is 1. The number of imidazole rings is 1. The highest BCUT2D eigenvalue weighted by atomic mass is 32.2. The number of aliphatic hydroxyl groups is 2. The molecule has 1 aromatic heterocycles. The van der Waals surface area contributed by atoms with Gasteiger partial charge in [-0.3, -0.25) is 9.59 Å². The predicted octanol–water partition coefficient (Wildman–Crippen LogP) is 4.88. The summed E-state index contributed by atoms with van der Waals surface area (Å²) < 4.78 is 5.57. The number of benzene rings is 1. The lowest BCUT2D eigenvalue weighted by Gasteiger charge is -2.59. The molecule has 8 heteroatoms. The number of aliphatic hydroxyl groups excluding tert-OH is 1. The summed E-state index contributed by atoms with van der Waals surface area (Å²) in [4.78, 5) is 33.9. The minimum Gasteiger partial charge on any atom is -0.494 e. The quantitative estimate of drug-likeness (QED) is 0.440. The van der Waals surface area contributed by atoms with Gasteiger partial charge in [0.1, 0.15) is 11.4 Å². The van der Waals surface area contributed by atoms with E-state index in [2.05, 4.69) is 16.9 Å². The first-order valence-corrected chi connectivity index (χ1v) is 15.1. The summed E-state index contributed by atoms with van der Waals surface area (Å²) in [7, 11) is 0. The van der Waals surface area contributed by atoms with Crippen LogP contribution in [0.2, 0.25) is 0 Å². The fourth-order valence-electron chi connectivity index (χ4n) is 8.78. The van der Waals surface area contributed by atoms with Crippen LogP contribution in [0, 0.1) is 34.5 Å². The van der Waals surface area contributed by atoms with Crippen molar-refractivity contribution in [3.8, 4) is 5.75 Å². The second kappa shape index (κ2) is 9.32. The van der Waals surface area contributed by atoms with E-state index in [1.165, 1.54) is 11.8 Å². The van der Waals surface area contributed by atoms with Gasteiger partial charge in [0.25, 0.3) is 0 Å². The highest BCUT2D eigenvalue weighted by molar-refractivity contribution is 7.99. The van der Waals surface area contributed by atoms with E-state index in [0.717, 1.165) is 41.6 Å². The highest BCUT2D eigenvalue weighted by Gasteiger charge is 2.70. The molecule has 5 unspecified atom stereocenters. The van der Waals surface area contributed by atoms with Gasteiger partial charge in [-0.25, -0.2) is 4.98 Å². The fraction of sp³-hybridized carbons (Fsp3) is 0.581. The monoisotopic (exact) mass is 550 g/mol. The molecule has 3 fully saturated rings. The van der Waals surface area contributed by atoms with Gasteiger partial charge < -0.3 is 19.9 Å². The van der Waals surface area contributed by atoms with Crippen molar-refractivity contribution in [2.24, 2.45) is 34.5 Å². The minimum atomic E-state index is -1.53. The Hall–Kier alpha value is -2.42. The molecule has 8 atom stereocenters. The van der Waals surface area contributed by atoms with Crippen LogP contribution in [0.25, 0.3) is 11.0 Å². The molecule has 0 bridgehead atoms. The summed E-state index contributed by atoms with van der Waals surface area (Å²) in [6.45, 7) is 8.66. The zero-order chi connectivity index (χ0) is 27.7. The second-order valence-corrected chi connectivity index (χ2v) is 13.4. The van der Waals surface area contributed by atoms with Gasteiger partial charge >= 0.3 is 0 Å². The van der Waals surface area contributed by atoms with Gasteiger partial charge in [0.05, 0.1) is 29.5 Å². The van der Waals surface area contributed by atoms with Crippen LogP contribution in [0.5, 0.6) is 5.75 Å². The van der Waals surface area contributed by atoms with E-state index in [9.17, 15) is 19.8 Å². The molecular weight excluding hydrogens is 512 g/mol. The van der Waals surface area contributed by atoms with Crippen molar-refractivity contribution in [1.29, 1.82) is 0 Å². The molecule has 4 aliphatic carbocycles. The summed E-state index contributed by atoms with van der Waals surface area (Å²) >= 11 is 1.31. The topological polar surface area (TPSA) is 113 Å². The zero-order valence-corrected chi connectivity index (χ0v) is 23.9. The van der Waals surface area contributed by atoms with Crippen LogP contribution >= 0.6 is 11.8 Å². The second-order valence-electron chi connectivity index (χ2n) is 12.5. The maximum absolute atomic E-state index is 13.9. The Morgan fingerprint density at radius 3 is 2.87 bits per heavy atom. The first-order valence-electron chi connectivity index (χ1n) is 14.1. The van der Waals surface area contributed by atoms with Crippen LogP contribution in [-0.2, 0) is 9.59 Å². The van der Waals surface area contributed by atoms with Crippen molar-refractivity contribution in [1.82, 2.24) is 9.97 Å². The van der Waals surface area contributed by atoms with E-state index < -0.39 is 17.1 Å². The average Bonchev–Trinajstić information content (AvgIpc) is 3.39. The van der Waals surface area contributed by atoms with E-state index in [0.29, 0.717) is 18.2 Å². The van der Waals surface area contributed by atoms with Crippen LogP contribution in [0.15, 0.2) is 47.2 Å². The molecule has 1 aromatic carbocycles. The standard InChI is InChI=1S/C31H38N2O5S/c1-5-38-20-7-9-23-24(14-20)33-28(32-23)39-16-26(36)31(37)17(2)12-22-21-8-6-18-13-19(34)10-11-29(18,3)27(21)25(35)15-30(22,31)4/h7,9-11,13-14,17,21-22,25,27,35,37H,5-6,8,12,15-16H2,1-4H3,(H,32,33)/t17-,21?,22?,25+,27?,29?,30?,31+/m1/s1. The SMILES string of the molecule is CCOc1ccc2[nH]c(SCC(=O)[C@@]3(O)[C@H](C)CC4C5CCC6=CC(=O)C=CC6(C)C5[C@@H](O)CC43C)nc2c1. The molecule has 39 heavy (non-hydrogen) atoms. The molecule has 3 saturated carbocycles. The number of aromatic nitrogens is 2. The Labute approximate surface area is 233 Å². The predicted molar refractivity (Wildman–Crippen MR) is 150 cm³/mol. The lowest BCUT2D eigenvalue weighted by molar-refractivity contribution is -0.179. The van der Waals surface area contributed by atoms with Crippen molar-refractivity contribution in [3.63, 3.8) is 0 Å². The number of nitrogens with zero attached hydrogens (tertiary/aromatic N) is 1. The minimum absolute atomic E-state index is 0.0159. The highest BCUT2D eigenvalue weighted by Crippen LogP contribution is 2.68. The Morgan fingerprint density at radius 2 is 2.10 bits per heavy atom. The van der Waals surface area contributed by atoms with Crippen LogP contribution in [0.3, 0.4) is 0 Å². The van der Waals surface area contributed by atoms with Crippen LogP contribution in [0.1, 0.15) is 53.4 Å². The number of H-pyrrole nitrogens is 1. The summed E-state index contributed by atoms with van der Waals surface area (Å²) in [5, 5.41) is 24.5. The molecular formula is C31H38N2O5S. The molecule has 1 heterocycles. The van der Waals surface area contributed by atoms with E-state index in [1.807, 2.05) is 45.0 Å². The summed E-state index contributed by atoms with van der Waals surface area (Å²) in [6, 6.07) is 5.68. The third-order valence-corrected chi connectivity index (χ3v) is 11.5. The number of allylic oxidation sites excluding steroid dienone is 4. The number of hydrogen-bond acceptors (Lipinski definition) is 7. The van der Waals surface area contributed by atoms with Gasteiger partial charge in [-0.05, 0) is 74.6 Å². The number of rotatable bonds is 6. The van der Waals surface area contributed by atoms with Crippen molar-refractivity contribution >= 4 is 34.4 Å². The number of nitrogens with one attached hydrogen (secondary N) is 1. The number of carbonyl (C=O) groups is 2. The lowest BCUT2D eigenvalue weighted by atomic mass is 9.46. The number of thioether (sulfide) groups is 1. The Kier molecular flexibility index (Phi) is 6.40. The van der Waals surface area contributed by atoms with Crippen molar-refractivity contribution in [2.45, 2.75) is 70.2 Å². The Morgan fingerprint density at radius 1 is 1.31 bits per heavy atom. The third-order valence-electron chi connectivity index (χ3n) is 10.6. The summed E-state index contributed by atoms with van der Waals surface area (Å²) in [6.07, 6.45) is 7.49. The van der Waals surface area contributed by atoms with Gasteiger partial charge in [0.15, 0.2) is 16.7 Å². The number of aromatic amines is 1. The molecule has 7 nitrogen and oxygen atoms in total. The number of carbonyl (C=O) groups excluding carboxylic acids is 2. The molecule has 0 saturated heterocycles. The van der Waals surface area contributed by atoms with E-state index >= 15 is 0 Å². The van der Waals surface area contributed by atoms with Crippen molar-refractivity contribution in [2.75, 3.05) is 12.4 Å². The number of hydrogen-bond donors (Lipinski definition) is 3.